The van der Waals surface area contributed by atoms with Crippen LogP contribution in [0.5, 0.6) is 5.75 Å². The fourth-order valence-corrected chi connectivity index (χ4v) is 5.78. The van der Waals surface area contributed by atoms with Crippen LogP contribution in [0.2, 0.25) is 0 Å². The highest BCUT2D eigenvalue weighted by Gasteiger charge is 2.48. The second-order valence-corrected chi connectivity index (χ2v) is 12.3. The van der Waals surface area contributed by atoms with E-state index in [4.69, 9.17) is 9.26 Å². The number of fused-ring (bicyclic) bond motifs is 1. The van der Waals surface area contributed by atoms with Crippen molar-refractivity contribution in [3.05, 3.63) is 65.2 Å². The van der Waals surface area contributed by atoms with Gasteiger partial charge in [0.15, 0.2) is 19.9 Å². The molecule has 2 aromatic carbocycles. The maximum atomic E-state index is 13.9. The number of aliphatic hydroxyl groups is 1. The lowest BCUT2D eigenvalue weighted by molar-refractivity contribution is -0.129. The van der Waals surface area contributed by atoms with Gasteiger partial charge in [-0.2, -0.15) is 0 Å². The van der Waals surface area contributed by atoms with Gasteiger partial charge in [0.05, 0.1) is 36.4 Å². The van der Waals surface area contributed by atoms with Gasteiger partial charge < -0.3 is 24.4 Å². The van der Waals surface area contributed by atoms with E-state index >= 15 is 0 Å². The summed E-state index contributed by atoms with van der Waals surface area (Å²) in [4.78, 5) is 20.0. The van der Waals surface area contributed by atoms with Crippen molar-refractivity contribution in [3.8, 4) is 5.75 Å². The lowest BCUT2D eigenvalue weighted by Gasteiger charge is -2.35. The largest absolute Gasteiger partial charge is 0.509 e. The van der Waals surface area contributed by atoms with Crippen LogP contribution in [-0.2, 0) is 26.8 Å². The first-order valence-corrected chi connectivity index (χ1v) is 14.8. The van der Waals surface area contributed by atoms with E-state index in [2.05, 4.69) is 15.2 Å². The number of amides is 1. The number of nitrogens with two attached hydrogens (primary N) is 1. The predicted octanol–water partition coefficient (Wildman–Crippen LogP) is 3.95. The molecule has 2 heterocycles. The van der Waals surface area contributed by atoms with Crippen molar-refractivity contribution in [2.45, 2.75) is 40.3 Å². The summed E-state index contributed by atoms with van der Waals surface area (Å²) in [6, 6.07) is 11.5. The summed E-state index contributed by atoms with van der Waals surface area (Å²) in [6.45, 7) is 8.45. The van der Waals surface area contributed by atoms with Gasteiger partial charge in [0.1, 0.15) is 17.2 Å². The number of carbonyl (C=O) groups excluding carboxylic acids is 1. The number of nitrogens with zero attached hydrogens (tertiary/aromatic N) is 2. The van der Waals surface area contributed by atoms with E-state index in [0.717, 1.165) is 5.30 Å². The molecule has 0 saturated carbocycles. The van der Waals surface area contributed by atoms with Gasteiger partial charge in [0.2, 0.25) is 0 Å². The smallest absolute Gasteiger partial charge is 0.262 e. The molecule has 0 radical (unpaired) electrons. The summed E-state index contributed by atoms with van der Waals surface area (Å²) >= 11 is 0. The van der Waals surface area contributed by atoms with E-state index < -0.39 is 36.6 Å². The molecular weight excluding hydrogens is 530 g/mol. The Kier molecular flexibility index (Phi) is 9.64. The molecule has 0 fully saturated rings. The second kappa shape index (κ2) is 12.3. The van der Waals surface area contributed by atoms with Crippen LogP contribution >= 0.6 is 8.30 Å². The number of aliphatic imine (C=N–C) groups is 1. The summed E-state index contributed by atoms with van der Waals surface area (Å²) < 4.78 is 34.3. The molecule has 2 aliphatic rings. The van der Waals surface area contributed by atoms with Crippen molar-refractivity contribution < 1.29 is 27.8 Å². The quantitative estimate of drug-likeness (QED) is 0.456. The molecule has 4 rings (SSSR count). The van der Waals surface area contributed by atoms with E-state index in [1.807, 2.05) is 52.0 Å². The molecule has 206 valence electrons. The number of halogens is 1. The second-order valence-electron chi connectivity index (χ2n) is 9.70. The van der Waals surface area contributed by atoms with Crippen LogP contribution in [0, 0.1) is 11.2 Å². The van der Waals surface area contributed by atoms with Gasteiger partial charge in [-0.1, -0.05) is 39.0 Å². The molecule has 2 aromatic rings. The van der Waals surface area contributed by atoms with Gasteiger partial charge in [-0.3, -0.25) is 9.93 Å². The third-order valence-corrected chi connectivity index (χ3v) is 7.47. The number of ether oxygens (including phenoxy) is 1. The van der Waals surface area contributed by atoms with E-state index in [-0.39, 0.29) is 29.5 Å². The van der Waals surface area contributed by atoms with E-state index in [9.17, 15) is 18.5 Å². The molecule has 38 heavy (non-hydrogen) atoms. The van der Waals surface area contributed by atoms with Gasteiger partial charge in [-0.15, -0.1) is 0 Å². The van der Waals surface area contributed by atoms with Gasteiger partial charge in [-0.05, 0) is 42.2 Å². The highest BCUT2D eigenvalue weighted by molar-refractivity contribution is 7.81. The predicted molar refractivity (Wildman–Crippen MR) is 150 cm³/mol. The number of rotatable bonds is 6. The van der Waals surface area contributed by atoms with Crippen LogP contribution in [0.3, 0.4) is 0 Å². The van der Waals surface area contributed by atoms with Crippen molar-refractivity contribution in [3.63, 3.8) is 0 Å². The summed E-state index contributed by atoms with van der Waals surface area (Å²) in [5.41, 5.74) is 1.06. The fraction of sp³-hybridized carbons (Fsp3) is 0.385. The SMILES string of the molecule is CCOP1NC(C2=C(O)C(C(C)(C)C)N(Cc3ccc(F)c(OC)c3)C2=O)=Nc2ccccc21.CS(N)=O. The lowest BCUT2D eigenvalue weighted by atomic mass is 9.85. The molecule has 0 spiro atoms. The van der Waals surface area contributed by atoms with Crippen molar-refractivity contribution in [2.24, 2.45) is 15.5 Å². The van der Waals surface area contributed by atoms with Gasteiger partial charge in [0, 0.05) is 18.1 Å². The monoisotopic (exact) mass is 564 g/mol. The molecule has 0 saturated heterocycles. The third-order valence-electron chi connectivity index (χ3n) is 5.73. The highest BCUT2D eigenvalue weighted by Crippen LogP contribution is 2.43. The number of benzene rings is 2. The summed E-state index contributed by atoms with van der Waals surface area (Å²) in [5, 5.41) is 20.1. The molecule has 2 aliphatic heterocycles. The lowest BCUT2D eigenvalue weighted by Crippen LogP contribution is -2.43. The Morgan fingerprint density at radius 3 is 2.53 bits per heavy atom. The van der Waals surface area contributed by atoms with Crippen LogP contribution in [0.1, 0.15) is 33.3 Å². The van der Waals surface area contributed by atoms with E-state index in [0.29, 0.717) is 23.7 Å². The van der Waals surface area contributed by atoms with E-state index in [1.165, 1.54) is 19.4 Å². The zero-order valence-electron chi connectivity index (χ0n) is 22.3. The number of carbonyl (C=O) groups is 1. The van der Waals surface area contributed by atoms with Crippen molar-refractivity contribution in [2.75, 3.05) is 20.0 Å². The van der Waals surface area contributed by atoms with Crippen molar-refractivity contribution in [1.82, 2.24) is 9.99 Å². The van der Waals surface area contributed by atoms with Crippen LogP contribution in [0.4, 0.5) is 10.1 Å². The Labute approximate surface area is 226 Å². The fourth-order valence-electron chi connectivity index (χ4n) is 4.29. The average Bonchev–Trinajstić information content (AvgIpc) is 3.09. The zero-order chi connectivity index (χ0) is 28.2. The third kappa shape index (κ3) is 6.58. The first kappa shape index (κ1) is 29.7. The number of aliphatic hydroxyl groups excluding tert-OH is 1. The van der Waals surface area contributed by atoms with Gasteiger partial charge in [-0.25, -0.2) is 13.6 Å². The minimum Gasteiger partial charge on any atom is -0.509 e. The molecule has 9 nitrogen and oxygen atoms in total. The Balaban J connectivity index is 0.000000934. The summed E-state index contributed by atoms with van der Waals surface area (Å²) in [7, 11) is -0.966. The van der Waals surface area contributed by atoms with Crippen LogP contribution in [0.15, 0.2) is 58.8 Å². The van der Waals surface area contributed by atoms with Gasteiger partial charge in [0.25, 0.3) is 5.91 Å². The van der Waals surface area contributed by atoms with Crippen LogP contribution in [0.25, 0.3) is 0 Å². The molecule has 12 heteroatoms. The maximum absolute atomic E-state index is 13.9. The molecule has 1 amide bonds. The van der Waals surface area contributed by atoms with Crippen molar-refractivity contribution in [1.29, 1.82) is 0 Å². The van der Waals surface area contributed by atoms with Crippen LogP contribution < -0.4 is 20.3 Å². The summed E-state index contributed by atoms with van der Waals surface area (Å²) in [5.74, 6) is -0.460. The molecule has 4 N–H and O–H groups in total. The molecule has 0 aromatic heterocycles. The number of hydrogen-bond donors (Lipinski definition) is 3. The maximum Gasteiger partial charge on any atom is 0.262 e. The van der Waals surface area contributed by atoms with E-state index in [1.54, 1.807) is 17.0 Å². The average molecular weight is 565 g/mol. The Morgan fingerprint density at radius 2 is 1.92 bits per heavy atom. The zero-order valence-corrected chi connectivity index (χ0v) is 24.0. The molecule has 0 aliphatic carbocycles. The number of hydrogen-bond acceptors (Lipinski definition) is 7. The Bertz CT molecular complexity index is 1280. The first-order chi connectivity index (χ1) is 17.9. The first-order valence-electron chi connectivity index (χ1n) is 11.9. The molecule has 3 atom stereocenters. The number of methoxy groups -OCH3 is 1. The standard InChI is InChI=1S/C25H29FN3O4P.CH5NOS/c1-6-33-34-19-10-8-7-9-17(19)27-23(28-34)20-21(30)22(25(2,3)4)29(24(20)31)14-15-11-12-16(26)18(13-15)32-5;1-4(2)3/h7-13,22,30H,6,14H2,1-5H3,(H,27,28);2H2,1H3. The minimum absolute atomic E-state index is 0.0383. The topological polar surface area (TPSA) is 126 Å². The van der Waals surface area contributed by atoms with Gasteiger partial charge >= 0.3 is 0 Å². The van der Waals surface area contributed by atoms with Crippen LogP contribution in [-0.4, -0.2) is 52.0 Å². The normalized spacial score (nSPS) is 19.7. The summed E-state index contributed by atoms with van der Waals surface area (Å²) in [6.07, 6.45) is 1.42. The minimum atomic E-state index is -1.25. The Hall–Kier alpha value is -2.85. The molecular formula is C26H34FN4O5PS. The Morgan fingerprint density at radius 1 is 1.26 bits per heavy atom. The number of para-hydroxylation sites is 1. The molecule has 0 bridgehead atoms. The molecule has 3 unspecified atom stereocenters. The highest BCUT2D eigenvalue weighted by atomic mass is 32.2. The van der Waals surface area contributed by atoms with Crippen molar-refractivity contribution >= 4 is 42.0 Å². The number of amidine groups is 1. The number of nitrogens with one attached hydrogen (secondary N) is 1.